The second-order valence-electron chi connectivity index (χ2n) is 4.15. The second-order valence-corrected chi connectivity index (χ2v) is 4.15. The molecule has 1 aliphatic rings. The Morgan fingerprint density at radius 1 is 1.38 bits per heavy atom. The van der Waals surface area contributed by atoms with Crippen molar-refractivity contribution in [3.63, 3.8) is 0 Å². The molecule has 16 heavy (non-hydrogen) atoms. The van der Waals surface area contributed by atoms with E-state index >= 15 is 0 Å². The lowest BCUT2D eigenvalue weighted by molar-refractivity contribution is -0.136. The van der Waals surface area contributed by atoms with Crippen LogP contribution < -0.4 is 5.32 Å². The molecule has 0 atom stereocenters. The molecule has 1 aliphatic carbocycles. The van der Waals surface area contributed by atoms with Crippen molar-refractivity contribution in [3.8, 4) is 0 Å². The Bertz CT molecular complexity index is 394. The van der Waals surface area contributed by atoms with Crippen molar-refractivity contribution < 1.29 is 9.90 Å². The number of nitrogens with one attached hydrogen (secondary N) is 1. The van der Waals surface area contributed by atoms with Gasteiger partial charge >= 0.3 is 5.97 Å². The number of benzene rings is 1. The Kier molecular flexibility index (Phi) is 3.06. The van der Waals surface area contributed by atoms with Crippen LogP contribution in [0.15, 0.2) is 36.4 Å². The summed E-state index contributed by atoms with van der Waals surface area (Å²) in [6.45, 7) is 0.0269. The topological polar surface area (TPSA) is 49.3 Å². The Balaban J connectivity index is 1.94. The molecule has 3 nitrogen and oxygen atoms in total. The molecule has 0 amide bonds. The summed E-state index contributed by atoms with van der Waals surface area (Å²) >= 11 is 0. The zero-order valence-corrected chi connectivity index (χ0v) is 9.02. The maximum Gasteiger partial charge on any atom is 0.317 e. The van der Waals surface area contributed by atoms with Gasteiger partial charge in [0.25, 0.3) is 0 Å². The molecule has 84 valence electrons. The van der Waals surface area contributed by atoms with E-state index < -0.39 is 5.97 Å². The maximum absolute atomic E-state index is 10.5. The van der Waals surface area contributed by atoms with Gasteiger partial charge in [0.2, 0.25) is 0 Å². The molecule has 0 saturated heterocycles. The van der Waals surface area contributed by atoms with Crippen molar-refractivity contribution in [2.45, 2.75) is 18.4 Å². The van der Waals surface area contributed by atoms with Gasteiger partial charge < -0.3 is 5.11 Å². The summed E-state index contributed by atoms with van der Waals surface area (Å²) in [5, 5.41) is 11.7. The fourth-order valence-electron chi connectivity index (χ4n) is 1.61. The first-order chi connectivity index (χ1) is 7.70. The van der Waals surface area contributed by atoms with Gasteiger partial charge in [0.15, 0.2) is 0 Å². The van der Waals surface area contributed by atoms with E-state index in [2.05, 4.69) is 11.4 Å². The van der Waals surface area contributed by atoms with E-state index in [1.807, 2.05) is 36.4 Å². The number of carboxylic acid groups (broad SMARTS) is 1. The van der Waals surface area contributed by atoms with Crippen LogP contribution in [0.3, 0.4) is 0 Å². The van der Waals surface area contributed by atoms with Crippen molar-refractivity contribution >= 4 is 12.0 Å². The highest BCUT2D eigenvalue weighted by atomic mass is 16.4. The number of hydrogen-bond donors (Lipinski definition) is 2. The summed E-state index contributed by atoms with van der Waals surface area (Å²) in [7, 11) is 0. The van der Waals surface area contributed by atoms with Gasteiger partial charge in [-0.3, -0.25) is 10.1 Å². The van der Waals surface area contributed by atoms with Gasteiger partial charge in [-0.2, -0.15) is 0 Å². The molecule has 0 bridgehead atoms. The number of carboxylic acids is 1. The molecule has 1 fully saturated rings. The molecule has 0 radical (unpaired) electrons. The van der Waals surface area contributed by atoms with Crippen LogP contribution in [-0.4, -0.2) is 23.2 Å². The summed E-state index contributed by atoms with van der Waals surface area (Å²) in [5.41, 5.74) is 1.07. The third-order valence-electron chi connectivity index (χ3n) is 2.77. The van der Waals surface area contributed by atoms with E-state index in [4.69, 9.17) is 5.11 Å². The van der Waals surface area contributed by atoms with Crippen molar-refractivity contribution in [1.29, 1.82) is 0 Å². The normalized spacial score (nSPS) is 17.5. The van der Waals surface area contributed by atoms with E-state index in [1.54, 1.807) is 0 Å². The van der Waals surface area contributed by atoms with Crippen molar-refractivity contribution in [1.82, 2.24) is 5.32 Å². The van der Waals surface area contributed by atoms with Crippen LogP contribution >= 0.6 is 0 Å². The molecular weight excluding hydrogens is 202 g/mol. The van der Waals surface area contributed by atoms with E-state index in [0.717, 1.165) is 18.4 Å². The number of rotatable bonds is 5. The monoisotopic (exact) mass is 217 g/mol. The number of aliphatic carboxylic acids is 1. The van der Waals surface area contributed by atoms with Crippen LogP contribution in [0.1, 0.15) is 18.4 Å². The fourth-order valence-corrected chi connectivity index (χ4v) is 1.61. The third kappa shape index (κ3) is 2.94. The Hall–Kier alpha value is -1.61. The fraction of sp³-hybridized carbons (Fsp3) is 0.308. The summed E-state index contributed by atoms with van der Waals surface area (Å²) in [6.07, 6.45) is 6.15. The Morgan fingerprint density at radius 3 is 2.62 bits per heavy atom. The Labute approximate surface area is 94.8 Å². The van der Waals surface area contributed by atoms with Gasteiger partial charge in [0, 0.05) is 5.54 Å². The first kappa shape index (κ1) is 10.9. The Morgan fingerprint density at radius 2 is 2.06 bits per heavy atom. The third-order valence-corrected chi connectivity index (χ3v) is 2.77. The minimum absolute atomic E-state index is 0.0269. The highest BCUT2D eigenvalue weighted by molar-refractivity contribution is 5.69. The summed E-state index contributed by atoms with van der Waals surface area (Å²) < 4.78 is 0. The van der Waals surface area contributed by atoms with Gasteiger partial charge in [0.1, 0.15) is 0 Å². The largest absolute Gasteiger partial charge is 0.480 e. The molecule has 3 heteroatoms. The van der Waals surface area contributed by atoms with E-state index in [1.165, 1.54) is 0 Å². The number of hydrogen-bond acceptors (Lipinski definition) is 2. The van der Waals surface area contributed by atoms with Gasteiger partial charge in [0.05, 0.1) is 6.54 Å². The lowest BCUT2D eigenvalue weighted by atomic mass is 10.1. The highest BCUT2D eigenvalue weighted by Gasteiger charge is 2.39. The molecule has 0 aromatic heterocycles. The molecule has 0 spiro atoms. The molecule has 0 aliphatic heterocycles. The lowest BCUT2D eigenvalue weighted by Crippen LogP contribution is -2.33. The molecule has 0 unspecified atom stereocenters. The van der Waals surface area contributed by atoms with Crippen LogP contribution in [0, 0.1) is 0 Å². The molecule has 2 rings (SSSR count). The zero-order chi connectivity index (χ0) is 11.4. The molecule has 1 aromatic carbocycles. The van der Waals surface area contributed by atoms with E-state index in [-0.39, 0.29) is 12.1 Å². The molecule has 1 saturated carbocycles. The van der Waals surface area contributed by atoms with Crippen LogP contribution in [0.2, 0.25) is 0 Å². The SMILES string of the molecule is O=C(O)CNC1(C=Cc2ccccc2)CC1. The minimum atomic E-state index is -0.806. The van der Waals surface area contributed by atoms with Gasteiger partial charge in [-0.05, 0) is 18.4 Å². The average molecular weight is 217 g/mol. The summed E-state index contributed by atoms with van der Waals surface area (Å²) in [6, 6.07) is 10.0. The average Bonchev–Trinajstić information content (AvgIpc) is 3.06. The van der Waals surface area contributed by atoms with Gasteiger partial charge in [-0.1, -0.05) is 42.5 Å². The predicted octanol–water partition coefficient (Wildman–Crippen LogP) is 1.91. The first-order valence-corrected chi connectivity index (χ1v) is 5.41. The molecule has 1 aromatic rings. The van der Waals surface area contributed by atoms with Crippen molar-refractivity contribution in [3.05, 3.63) is 42.0 Å². The highest BCUT2D eigenvalue weighted by Crippen LogP contribution is 2.37. The first-order valence-electron chi connectivity index (χ1n) is 5.41. The van der Waals surface area contributed by atoms with Gasteiger partial charge in [-0.15, -0.1) is 0 Å². The minimum Gasteiger partial charge on any atom is -0.480 e. The van der Waals surface area contributed by atoms with Crippen molar-refractivity contribution in [2.24, 2.45) is 0 Å². The van der Waals surface area contributed by atoms with Crippen LogP contribution in [0.5, 0.6) is 0 Å². The van der Waals surface area contributed by atoms with Crippen molar-refractivity contribution in [2.75, 3.05) is 6.54 Å². The zero-order valence-electron chi connectivity index (χ0n) is 9.02. The molecule has 0 heterocycles. The summed E-state index contributed by atoms with van der Waals surface area (Å²) in [4.78, 5) is 10.5. The van der Waals surface area contributed by atoms with E-state index in [0.29, 0.717) is 0 Å². The predicted molar refractivity (Wildman–Crippen MR) is 63.1 cm³/mol. The van der Waals surface area contributed by atoms with E-state index in [9.17, 15) is 4.79 Å². The quantitative estimate of drug-likeness (QED) is 0.792. The van der Waals surface area contributed by atoms with Crippen LogP contribution in [0.4, 0.5) is 0 Å². The van der Waals surface area contributed by atoms with Crippen LogP contribution in [-0.2, 0) is 4.79 Å². The molecule has 2 N–H and O–H groups in total. The smallest absolute Gasteiger partial charge is 0.317 e. The standard InChI is InChI=1S/C13H15NO2/c15-12(16)10-14-13(8-9-13)7-6-11-4-2-1-3-5-11/h1-7,14H,8-10H2,(H,15,16). The van der Waals surface area contributed by atoms with Gasteiger partial charge in [-0.25, -0.2) is 0 Å². The maximum atomic E-state index is 10.5. The lowest BCUT2D eigenvalue weighted by Gasteiger charge is -2.10. The molecular formula is C13H15NO2. The van der Waals surface area contributed by atoms with Crippen LogP contribution in [0.25, 0.3) is 6.08 Å². The second kappa shape index (κ2) is 4.49. The number of carbonyl (C=O) groups is 1. The summed E-state index contributed by atoms with van der Waals surface area (Å²) in [5.74, 6) is -0.806.